The number of carbonyl (C=O) groups is 1. The number of rotatable bonds is 5. The van der Waals surface area contributed by atoms with Crippen LogP contribution in [0.1, 0.15) is 6.92 Å². The van der Waals surface area contributed by atoms with Crippen LogP contribution < -0.4 is 10.6 Å². The van der Waals surface area contributed by atoms with Crippen LogP contribution >= 0.6 is 22.6 Å². The van der Waals surface area contributed by atoms with Gasteiger partial charge in [0.05, 0.1) is 4.92 Å². The summed E-state index contributed by atoms with van der Waals surface area (Å²) in [7, 11) is 0. The fraction of sp³-hybridized carbons (Fsp3) is 0.133. The first-order valence-corrected chi connectivity index (χ1v) is 7.61. The van der Waals surface area contributed by atoms with E-state index >= 15 is 0 Å². The zero-order valence-electron chi connectivity index (χ0n) is 11.7. The van der Waals surface area contributed by atoms with Gasteiger partial charge in [-0.2, -0.15) is 0 Å². The molecule has 0 saturated heterocycles. The first-order valence-electron chi connectivity index (χ1n) is 6.53. The van der Waals surface area contributed by atoms with Crippen LogP contribution in [0.2, 0.25) is 0 Å². The molecule has 1 unspecified atom stereocenters. The highest BCUT2D eigenvalue weighted by Crippen LogP contribution is 2.17. The maximum Gasteiger partial charge on any atom is 0.269 e. The third-order valence-corrected chi connectivity index (χ3v) is 3.62. The second-order valence-electron chi connectivity index (χ2n) is 4.67. The van der Waals surface area contributed by atoms with E-state index in [1.54, 1.807) is 6.92 Å². The van der Waals surface area contributed by atoms with E-state index in [0.717, 1.165) is 9.26 Å². The quantitative estimate of drug-likeness (QED) is 0.447. The lowest BCUT2D eigenvalue weighted by Gasteiger charge is -2.15. The fourth-order valence-corrected chi connectivity index (χ4v) is 2.35. The summed E-state index contributed by atoms with van der Waals surface area (Å²) in [5.41, 5.74) is 1.37. The number of hydrogen-bond donors (Lipinski definition) is 2. The van der Waals surface area contributed by atoms with Crippen molar-refractivity contribution in [2.45, 2.75) is 13.0 Å². The maximum absolute atomic E-state index is 12.1. The van der Waals surface area contributed by atoms with Gasteiger partial charge in [0.1, 0.15) is 6.04 Å². The van der Waals surface area contributed by atoms with Crippen LogP contribution in [-0.4, -0.2) is 16.9 Å². The molecule has 0 spiro atoms. The van der Waals surface area contributed by atoms with Gasteiger partial charge < -0.3 is 10.6 Å². The van der Waals surface area contributed by atoms with Gasteiger partial charge in [0.2, 0.25) is 5.91 Å². The van der Waals surface area contributed by atoms with Crippen molar-refractivity contribution in [2.24, 2.45) is 0 Å². The maximum atomic E-state index is 12.1. The van der Waals surface area contributed by atoms with Crippen LogP contribution in [0.25, 0.3) is 0 Å². The lowest BCUT2D eigenvalue weighted by molar-refractivity contribution is -0.384. The van der Waals surface area contributed by atoms with Gasteiger partial charge in [0, 0.05) is 27.1 Å². The minimum atomic E-state index is -0.479. The predicted molar refractivity (Wildman–Crippen MR) is 94.0 cm³/mol. The van der Waals surface area contributed by atoms with E-state index in [1.807, 2.05) is 24.3 Å². The molecule has 0 heterocycles. The summed E-state index contributed by atoms with van der Waals surface area (Å²) >= 11 is 2.20. The zero-order chi connectivity index (χ0) is 16.1. The zero-order valence-corrected chi connectivity index (χ0v) is 13.9. The molecule has 1 atom stereocenters. The molecule has 7 heteroatoms. The fourth-order valence-electron chi connectivity index (χ4n) is 1.81. The van der Waals surface area contributed by atoms with Gasteiger partial charge in [-0.15, -0.1) is 0 Å². The number of carbonyl (C=O) groups excluding carboxylic acids is 1. The lowest BCUT2D eigenvalue weighted by atomic mass is 10.2. The van der Waals surface area contributed by atoms with Crippen molar-refractivity contribution in [1.82, 2.24) is 0 Å². The number of halogens is 1. The van der Waals surface area contributed by atoms with E-state index in [-0.39, 0.29) is 11.6 Å². The van der Waals surface area contributed by atoms with Gasteiger partial charge in [-0.05, 0) is 59.8 Å². The van der Waals surface area contributed by atoms with Crippen LogP contribution in [0.5, 0.6) is 0 Å². The number of amides is 1. The molecular weight excluding hydrogens is 397 g/mol. The average molecular weight is 411 g/mol. The van der Waals surface area contributed by atoms with Gasteiger partial charge in [-0.3, -0.25) is 14.9 Å². The largest absolute Gasteiger partial charge is 0.374 e. The summed E-state index contributed by atoms with van der Waals surface area (Å²) in [6.45, 7) is 1.75. The number of benzene rings is 2. The van der Waals surface area contributed by atoms with Crippen LogP contribution in [0.4, 0.5) is 17.1 Å². The minimum absolute atomic E-state index is 0.0111. The summed E-state index contributed by atoms with van der Waals surface area (Å²) in [6.07, 6.45) is 0. The Morgan fingerprint density at radius 2 is 1.86 bits per heavy atom. The molecule has 1 amide bonds. The van der Waals surface area contributed by atoms with Crippen molar-refractivity contribution < 1.29 is 9.72 Å². The first-order chi connectivity index (χ1) is 10.5. The number of nitrogens with one attached hydrogen (secondary N) is 2. The van der Waals surface area contributed by atoms with Crippen molar-refractivity contribution in [3.8, 4) is 0 Å². The number of hydrogen-bond acceptors (Lipinski definition) is 4. The molecule has 0 aliphatic heterocycles. The highest BCUT2D eigenvalue weighted by Gasteiger charge is 2.13. The summed E-state index contributed by atoms with van der Waals surface area (Å²) < 4.78 is 1.07. The molecule has 6 nitrogen and oxygen atoms in total. The van der Waals surface area contributed by atoms with E-state index in [9.17, 15) is 14.9 Å². The third kappa shape index (κ3) is 4.42. The second-order valence-corrected chi connectivity index (χ2v) is 5.92. The molecule has 0 fully saturated rings. The topological polar surface area (TPSA) is 84.3 Å². The monoisotopic (exact) mass is 411 g/mol. The molecule has 2 N–H and O–H groups in total. The molecule has 0 aromatic heterocycles. The smallest absolute Gasteiger partial charge is 0.269 e. The Hall–Kier alpha value is -2.16. The Morgan fingerprint density at radius 3 is 2.45 bits per heavy atom. The van der Waals surface area contributed by atoms with Gasteiger partial charge in [-0.25, -0.2) is 0 Å². The van der Waals surface area contributed by atoms with Crippen molar-refractivity contribution >= 4 is 45.6 Å². The van der Waals surface area contributed by atoms with Gasteiger partial charge >= 0.3 is 0 Å². The number of nitrogens with zero attached hydrogens (tertiary/aromatic N) is 1. The molecule has 0 bridgehead atoms. The average Bonchev–Trinajstić information content (AvgIpc) is 2.47. The van der Waals surface area contributed by atoms with Crippen LogP contribution in [0.15, 0.2) is 48.5 Å². The highest BCUT2D eigenvalue weighted by molar-refractivity contribution is 14.1. The molecule has 0 aliphatic carbocycles. The summed E-state index contributed by atoms with van der Waals surface area (Å²) in [4.78, 5) is 22.2. The standard InChI is InChI=1S/C15H14IN3O3/c1-10(17-13-4-2-3-11(16)9-13)15(20)18-12-5-7-14(8-6-12)19(21)22/h2-10,17H,1H3,(H,18,20). The number of nitro groups is 1. The predicted octanol–water partition coefficient (Wildman–Crippen LogP) is 3.64. The lowest BCUT2D eigenvalue weighted by Crippen LogP contribution is -2.31. The number of anilines is 2. The Morgan fingerprint density at radius 1 is 1.18 bits per heavy atom. The van der Waals surface area contributed by atoms with Crippen molar-refractivity contribution in [3.63, 3.8) is 0 Å². The number of nitro benzene ring substituents is 1. The van der Waals surface area contributed by atoms with Crippen LogP contribution in [0.3, 0.4) is 0 Å². The van der Waals surface area contributed by atoms with E-state index < -0.39 is 11.0 Å². The Bertz CT molecular complexity index is 689. The van der Waals surface area contributed by atoms with Gasteiger partial charge in [0.25, 0.3) is 5.69 Å². The van der Waals surface area contributed by atoms with Crippen molar-refractivity contribution in [3.05, 3.63) is 62.2 Å². The molecule has 0 aliphatic rings. The third-order valence-electron chi connectivity index (χ3n) is 2.95. The molecule has 2 aromatic carbocycles. The van der Waals surface area contributed by atoms with Crippen LogP contribution in [0, 0.1) is 13.7 Å². The number of non-ortho nitro benzene ring substituents is 1. The first kappa shape index (κ1) is 16.2. The Labute approximate surface area is 141 Å². The van der Waals surface area contributed by atoms with E-state index in [4.69, 9.17) is 0 Å². The summed E-state index contributed by atoms with van der Waals surface area (Å²) in [5.74, 6) is -0.215. The molecule has 114 valence electrons. The SMILES string of the molecule is CC(Nc1cccc(I)c1)C(=O)Nc1ccc([N+](=O)[O-])cc1. The normalized spacial score (nSPS) is 11.5. The minimum Gasteiger partial charge on any atom is -0.374 e. The summed E-state index contributed by atoms with van der Waals surface area (Å²) in [6, 6.07) is 13.0. The van der Waals surface area contributed by atoms with E-state index in [2.05, 4.69) is 33.2 Å². The molecule has 0 saturated carbocycles. The van der Waals surface area contributed by atoms with E-state index in [0.29, 0.717) is 5.69 Å². The highest BCUT2D eigenvalue weighted by atomic mass is 127. The Balaban J connectivity index is 1.97. The molecule has 0 radical (unpaired) electrons. The molecule has 2 rings (SSSR count). The second kappa shape index (κ2) is 7.21. The molecule has 22 heavy (non-hydrogen) atoms. The Kier molecular flexibility index (Phi) is 5.31. The molecule has 2 aromatic rings. The summed E-state index contributed by atoms with van der Waals surface area (Å²) in [5, 5.41) is 16.4. The van der Waals surface area contributed by atoms with Crippen molar-refractivity contribution in [1.29, 1.82) is 0 Å². The van der Waals surface area contributed by atoms with Gasteiger partial charge in [-0.1, -0.05) is 6.07 Å². The molecular formula is C15H14IN3O3. The van der Waals surface area contributed by atoms with Gasteiger partial charge in [0.15, 0.2) is 0 Å². The van der Waals surface area contributed by atoms with Crippen molar-refractivity contribution in [2.75, 3.05) is 10.6 Å². The van der Waals surface area contributed by atoms with Crippen LogP contribution in [-0.2, 0) is 4.79 Å². The van der Waals surface area contributed by atoms with E-state index in [1.165, 1.54) is 24.3 Å².